The van der Waals surface area contributed by atoms with E-state index in [4.69, 9.17) is 0 Å². The van der Waals surface area contributed by atoms with Gasteiger partial charge in [0, 0.05) is 10.9 Å². The third-order valence-corrected chi connectivity index (χ3v) is 5.07. The largest absolute Gasteiger partial charge is 0.329 e. The van der Waals surface area contributed by atoms with E-state index in [0.717, 1.165) is 43.1 Å². The van der Waals surface area contributed by atoms with Crippen molar-refractivity contribution in [3.8, 4) is 0 Å². The monoisotopic (exact) mass is 308 g/mol. The van der Waals surface area contributed by atoms with Gasteiger partial charge in [0.05, 0.1) is 5.69 Å². The molecule has 0 radical (unpaired) electrons. The summed E-state index contributed by atoms with van der Waals surface area (Å²) in [5.74, 6) is -0.500. The van der Waals surface area contributed by atoms with Gasteiger partial charge >= 0.3 is 0 Å². The smallest absolute Gasteiger partial charge is 0.246 e. The molecule has 3 rings (SSSR count). The molecular formula is C14H20N4O2S. The van der Waals surface area contributed by atoms with Crippen molar-refractivity contribution in [3.63, 3.8) is 0 Å². The summed E-state index contributed by atoms with van der Waals surface area (Å²) < 4.78 is 0. The van der Waals surface area contributed by atoms with E-state index in [2.05, 4.69) is 22.5 Å². The zero-order valence-corrected chi connectivity index (χ0v) is 13.0. The first-order valence-electron chi connectivity index (χ1n) is 7.48. The number of aromatic nitrogens is 1. The second-order valence-corrected chi connectivity index (χ2v) is 6.54. The Morgan fingerprint density at radius 2 is 2.14 bits per heavy atom. The number of rotatable bonds is 4. The zero-order valence-electron chi connectivity index (χ0n) is 12.1. The summed E-state index contributed by atoms with van der Waals surface area (Å²) in [7, 11) is 0. The molecule has 2 N–H and O–H groups in total. The van der Waals surface area contributed by atoms with Gasteiger partial charge in [-0.25, -0.2) is 4.98 Å². The van der Waals surface area contributed by atoms with Gasteiger partial charge in [0.2, 0.25) is 11.8 Å². The van der Waals surface area contributed by atoms with Gasteiger partial charge in [0.1, 0.15) is 13.1 Å². The maximum Gasteiger partial charge on any atom is 0.246 e. The maximum atomic E-state index is 11.5. The van der Waals surface area contributed by atoms with Crippen LogP contribution in [0, 0.1) is 0 Å². The minimum atomic E-state index is -0.250. The van der Waals surface area contributed by atoms with Gasteiger partial charge in [-0.15, -0.1) is 0 Å². The lowest BCUT2D eigenvalue weighted by atomic mass is 9.98. The Balaban J connectivity index is 1.80. The highest BCUT2D eigenvalue weighted by Gasteiger charge is 2.29. The second-order valence-electron chi connectivity index (χ2n) is 5.53. The van der Waals surface area contributed by atoms with E-state index in [-0.39, 0.29) is 24.9 Å². The molecule has 1 aromatic heterocycles. The van der Waals surface area contributed by atoms with Crippen LogP contribution >= 0.6 is 11.3 Å². The Morgan fingerprint density at radius 3 is 2.86 bits per heavy atom. The Morgan fingerprint density at radius 1 is 1.38 bits per heavy atom. The molecule has 1 aliphatic heterocycles. The summed E-state index contributed by atoms with van der Waals surface area (Å²) in [5, 5.41) is 6.69. The number of nitrogens with zero attached hydrogens (tertiary/aromatic N) is 2. The molecule has 1 saturated heterocycles. The van der Waals surface area contributed by atoms with E-state index in [1.165, 1.54) is 4.88 Å². The summed E-state index contributed by atoms with van der Waals surface area (Å²) in [5.41, 5.74) is 1.13. The lowest BCUT2D eigenvalue weighted by molar-refractivity contribution is -0.130. The fourth-order valence-electron chi connectivity index (χ4n) is 2.83. The lowest BCUT2D eigenvalue weighted by Gasteiger charge is -2.24. The number of aryl methyl sites for hydroxylation is 1. The fourth-order valence-corrected chi connectivity index (χ4v) is 4.05. The van der Waals surface area contributed by atoms with Gasteiger partial charge in [0.15, 0.2) is 5.13 Å². The zero-order chi connectivity index (χ0) is 14.8. The number of nitrogens with one attached hydrogen (secondary N) is 2. The van der Waals surface area contributed by atoms with Crippen LogP contribution in [0.25, 0.3) is 0 Å². The van der Waals surface area contributed by atoms with E-state index >= 15 is 0 Å². The van der Waals surface area contributed by atoms with E-state index in [9.17, 15) is 9.59 Å². The van der Waals surface area contributed by atoms with Crippen molar-refractivity contribution >= 4 is 28.3 Å². The maximum absolute atomic E-state index is 11.5. The van der Waals surface area contributed by atoms with Gasteiger partial charge < -0.3 is 10.2 Å². The number of carbonyl (C=O) groups excluding carboxylic acids is 2. The van der Waals surface area contributed by atoms with Crippen LogP contribution in [0.5, 0.6) is 0 Å². The van der Waals surface area contributed by atoms with Crippen LogP contribution in [0.1, 0.15) is 42.8 Å². The van der Waals surface area contributed by atoms with Gasteiger partial charge in [0.25, 0.3) is 0 Å². The van der Waals surface area contributed by atoms with Crippen LogP contribution in [0.2, 0.25) is 0 Å². The summed E-state index contributed by atoms with van der Waals surface area (Å²) in [6.07, 6.45) is 4.37. The predicted octanol–water partition coefficient (Wildman–Crippen LogP) is 0.983. The lowest BCUT2D eigenvalue weighted by Crippen LogP contribution is -2.51. The van der Waals surface area contributed by atoms with Crippen molar-refractivity contribution in [2.45, 2.75) is 38.6 Å². The average Bonchev–Trinajstić information content (AvgIpc) is 2.88. The molecule has 7 heteroatoms. The fraction of sp³-hybridized carbons (Fsp3) is 0.643. The number of imide groups is 1. The summed E-state index contributed by atoms with van der Waals surface area (Å²) in [6, 6.07) is 0.370. The molecule has 21 heavy (non-hydrogen) atoms. The van der Waals surface area contributed by atoms with E-state index < -0.39 is 0 Å². The molecule has 114 valence electrons. The first-order valence-corrected chi connectivity index (χ1v) is 8.29. The molecule has 0 spiro atoms. The molecule has 1 aliphatic carbocycles. The van der Waals surface area contributed by atoms with Crippen LogP contribution in [-0.4, -0.2) is 36.4 Å². The number of thiazole rings is 1. The van der Waals surface area contributed by atoms with Crippen molar-refractivity contribution < 1.29 is 9.59 Å². The summed E-state index contributed by atoms with van der Waals surface area (Å²) in [4.78, 5) is 30.7. The Bertz CT molecular complexity index is 541. The number of hydrogen-bond donors (Lipinski definition) is 2. The Kier molecular flexibility index (Phi) is 4.21. The number of carbonyl (C=O) groups is 2. The van der Waals surface area contributed by atoms with E-state index in [1.807, 2.05) is 0 Å². The van der Waals surface area contributed by atoms with Crippen LogP contribution in [0.4, 0.5) is 5.13 Å². The average molecular weight is 308 g/mol. The highest BCUT2D eigenvalue weighted by Crippen LogP contribution is 2.37. The number of hydrogen-bond acceptors (Lipinski definition) is 6. The van der Waals surface area contributed by atoms with Crippen molar-refractivity contribution in [2.75, 3.05) is 24.5 Å². The molecule has 0 saturated carbocycles. The minimum absolute atomic E-state index is 0.213. The first kappa shape index (κ1) is 14.5. The molecule has 2 aliphatic rings. The van der Waals surface area contributed by atoms with E-state index in [1.54, 1.807) is 16.2 Å². The summed E-state index contributed by atoms with van der Waals surface area (Å²) in [6.45, 7) is 3.59. The van der Waals surface area contributed by atoms with Crippen LogP contribution < -0.4 is 15.5 Å². The third-order valence-electron chi connectivity index (χ3n) is 3.80. The van der Waals surface area contributed by atoms with Crippen LogP contribution in [0.15, 0.2) is 0 Å². The van der Waals surface area contributed by atoms with Crippen LogP contribution in [0.3, 0.4) is 0 Å². The van der Waals surface area contributed by atoms with Crippen molar-refractivity contribution in [3.05, 3.63) is 10.6 Å². The number of piperazine rings is 1. The molecule has 2 heterocycles. The van der Waals surface area contributed by atoms with Gasteiger partial charge in [-0.3, -0.25) is 14.9 Å². The van der Waals surface area contributed by atoms with Gasteiger partial charge in [-0.2, -0.15) is 0 Å². The molecular weight excluding hydrogens is 288 g/mol. The number of fused-ring (bicyclic) bond motifs is 1. The standard InChI is InChI=1S/C14H20N4O2S/c1-2-6-15-9-4-3-5-10-13(9)21-14(16-10)18-7-11(19)17-12(20)8-18/h9,15H,2-8H2,1H3,(H,17,19,20). The third kappa shape index (κ3) is 3.08. The molecule has 0 aromatic carbocycles. The SMILES string of the molecule is CCCNC1CCCc2nc(N3CC(=O)NC(=O)C3)sc21. The van der Waals surface area contributed by atoms with Crippen molar-refractivity contribution in [1.82, 2.24) is 15.6 Å². The number of anilines is 1. The Labute approximate surface area is 127 Å². The minimum Gasteiger partial charge on any atom is -0.329 e. The molecule has 1 aromatic rings. The second kappa shape index (κ2) is 6.11. The molecule has 1 atom stereocenters. The normalized spacial score (nSPS) is 22.1. The predicted molar refractivity (Wildman–Crippen MR) is 81.4 cm³/mol. The van der Waals surface area contributed by atoms with Gasteiger partial charge in [-0.1, -0.05) is 18.3 Å². The molecule has 0 bridgehead atoms. The summed E-state index contributed by atoms with van der Waals surface area (Å²) >= 11 is 1.62. The number of amides is 2. The van der Waals surface area contributed by atoms with E-state index in [0.29, 0.717) is 6.04 Å². The molecule has 6 nitrogen and oxygen atoms in total. The molecule has 1 fully saturated rings. The van der Waals surface area contributed by atoms with Crippen molar-refractivity contribution in [1.29, 1.82) is 0 Å². The molecule has 1 unspecified atom stereocenters. The topological polar surface area (TPSA) is 74.3 Å². The first-order chi connectivity index (χ1) is 10.2. The highest BCUT2D eigenvalue weighted by atomic mass is 32.1. The van der Waals surface area contributed by atoms with Crippen LogP contribution in [-0.2, 0) is 16.0 Å². The van der Waals surface area contributed by atoms with Gasteiger partial charge in [-0.05, 0) is 32.2 Å². The quantitative estimate of drug-likeness (QED) is 0.811. The molecule has 2 amide bonds. The highest BCUT2D eigenvalue weighted by molar-refractivity contribution is 7.15. The van der Waals surface area contributed by atoms with Crippen molar-refractivity contribution in [2.24, 2.45) is 0 Å². The Hall–Kier alpha value is -1.47.